The predicted molar refractivity (Wildman–Crippen MR) is 96.9 cm³/mol. The molecule has 122 valence electrons. The van der Waals surface area contributed by atoms with Crippen molar-refractivity contribution in [3.63, 3.8) is 0 Å². The summed E-state index contributed by atoms with van der Waals surface area (Å²) in [5, 5.41) is 0. The first-order chi connectivity index (χ1) is 12.3. The summed E-state index contributed by atoms with van der Waals surface area (Å²) in [6.07, 6.45) is 3.08. The maximum absolute atomic E-state index is 14.4. The monoisotopic (exact) mass is 328 g/mol. The summed E-state index contributed by atoms with van der Waals surface area (Å²) in [5.74, 6) is 0.296. The molecule has 25 heavy (non-hydrogen) atoms. The van der Waals surface area contributed by atoms with Crippen LogP contribution in [-0.2, 0) is 5.60 Å². The summed E-state index contributed by atoms with van der Waals surface area (Å²) in [6.45, 7) is 0. The van der Waals surface area contributed by atoms with Crippen molar-refractivity contribution in [3.8, 4) is 5.75 Å². The van der Waals surface area contributed by atoms with E-state index in [1.165, 1.54) is 11.6 Å². The SMILES string of the molecule is Fc1cccc2c1O[C@]1(c3ccccc3)/C(=C/c3ccccc3)C[C@H]21. The van der Waals surface area contributed by atoms with E-state index in [1.54, 1.807) is 6.07 Å². The van der Waals surface area contributed by atoms with E-state index >= 15 is 0 Å². The molecular weight excluding hydrogens is 311 g/mol. The number of benzene rings is 3. The van der Waals surface area contributed by atoms with Gasteiger partial charge in [0.25, 0.3) is 0 Å². The van der Waals surface area contributed by atoms with E-state index in [0.717, 1.165) is 23.1 Å². The van der Waals surface area contributed by atoms with E-state index in [9.17, 15) is 4.39 Å². The highest BCUT2D eigenvalue weighted by Gasteiger charge is 2.60. The molecule has 3 aromatic carbocycles. The third-order valence-electron chi connectivity index (χ3n) is 5.37. The van der Waals surface area contributed by atoms with Crippen LogP contribution in [0.4, 0.5) is 4.39 Å². The number of ether oxygens (including phenoxy) is 1. The zero-order valence-electron chi connectivity index (χ0n) is 13.7. The Morgan fingerprint density at radius 2 is 1.60 bits per heavy atom. The van der Waals surface area contributed by atoms with Gasteiger partial charge in [0.2, 0.25) is 0 Å². The Balaban J connectivity index is 1.68. The fraction of sp³-hybridized carbons (Fsp3) is 0.130. The van der Waals surface area contributed by atoms with Crippen LogP contribution >= 0.6 is 0 Å². The molecular formula is C23H17FO. The molecule has 0 radical (unpaired) electrons. The first-order valence-corrected chi connectivity index (χ1v) is 8.58. The van der Waals surface area contributed by atoms with E-state index in [1.807, 2.05) is 42.5 Å². The molecule has 1 fully saturated rings. The normalized spacial score (nSPS) is 25.0. The number of halogens is 1. The van der Waals surface area contributed by atoms with Crippen LogP contribution in [-0.4, -0.2) is 0 Å². The van der Waals surface area contributed by atoms with Gasteiger partial charge in [-0.2, -0.15) is 0 Å². The molecule has 0 bridgehead atoms. The number of hydrogen-bond acceptors (Lipinski definition) is 1. The Bertz CT molecular complexity index is 962. The van der Waals surface area contributed by atoms with E-state index in [2.05, 4.69) is 30.3 Å². The Kier molecular flexibility index (Phi) is 3.08. The topological polar surface area (TPSA) is 9.23 Å². The van der Waals surface area contributed by atoms with Crippen LogP contribution in [0.25, 0.3) is 6.08 Å². The molecule has 0 N–H and O–H groups in total. The lowest BCUT2D eigenvalue weighted by atomic mass is 9.60. The summed E-state index contributed by atoms with van der Waals surface area (Å²) in [6, 6.07) is 25.7. The first kappa shape index (κ1) is 14.5. The Hall–Kier alpha value is -2.87. The van der Waals surface area contributed by atoms with Crippen molar-refractivity contribution in [2.45, 2.75) is 17.9 Å². The smallest absolute Gasteiger partial charge is 0.165 e. The van der Waals surface area contributed by atoms with Crippen LogP contribution in [0.2, 0.25) is 0 Å². The third kappa shape index (κ3) is 2.00. The lowest BCUT2D eigenvalue weighted by Crippen LogP contribution is -2.46. The van der Waals surface area contributed by atoms with Gasteiger partial charge in [-0.15, -0.1) is 0 Å². The van der Waals surface area contributed by atoms with Crippen molar-refractivity contribution in [2.75, 3.05) is 0 Å². The van der Waals surface area contributed by atoms with Gasteiger partial charge in [0, 0.05) is 17.0 Å². The highest BCUT2D eigenvalue weighted by Crippen LogP contribution is 2.65. The predicted octanol–water partition coefficient (Wildman–Crippen LogP) is 5.68. The summed E-state index contributed by atoms with van der Waals surface area (Å²) >= 11 is 0. The van der Waals surface area contributed by atoms with Crippen LogP contribution in [0.15, 0.2) is 84.4 Å². The van der Waals surface area contributed by atoms with Crippen molar-refractivity contribution in [1.29, 1.82) is 0 Å². The third-order valence-corrected chi connectivity index (χ3v) is 5.37. The molecule has 1 saturated carbocycles. The highest BCUT2D eigenvalue weighted by atomic mass is 19.1. The van der Waals surface area contributed by atoms with Gasteiger partial charge >= 0.3 is 0 Å². The minimum absolute atomic E-state index is 0.163. The fourth-order valence-corrected chi connectivity index (χ4v) is 4.19. The van der Waals surface area contributed by atoms with Crippen molar-refractivity contribution >= 4 is 6.08 Å². The van der Waals surface area contributed by atoms with Gasteiger partial charge < -0.3 is 4.74 Å². The first-order valence-electron chi connectivity index (χ1n) is 8.58. The molecule has 2 heteroatoms. The minimum Gasteiger partial charge on any atom is -0.474 e. The van der Waals surface area contributed by atoms with Crippen LogP contribution in [0, 0.1) is 5.82 Å². The zero-order chi connectivity index (χ0) is 16.9. The molecule has 1 nitrogen and oxygen atoms in total. The average molecular weight is 328 g/mol. The molecule has 5 rings (SSSR count). The molecule has 0 amide bonds. The molecule has 0 aromatic heterocycles. The number of rotatable bonds is 2. The van der Waals surface area contributed by atoms with Crippen molar-refractivity contribution < 1.29 is 9.13 Å². The largest absolute Gasteiger partial charge is 0.474 e. The number of fused-ring (bicyclic) bond motifs is 3. The molecule has 1 heterocycles. The van der Waals surface area contributed by atoms with Gasteiger partial charge in [-0.1, -0.05) is 78.9 Å². The van der Waals surface area contributed by atoms with Gasteiger partial charge in [-0.3, -0.25) is 0 Å². The second-order valence-electron chi connectivity index (χ2n) is 6.70. The average Bonchev–Trinajstić information content (AvgIpc) is 2.92. The standard InChI is InChI=1S/C23H17FO/c24-21-13-7-12-19-20-15-18(14-16-8-3-1-4-9-16)23(20,25-22(19)21)17-10-5-2-6-11-17/h1-14,20H,15H2/b18-14+/t20-,23-/m1/s1. The molecule has 1 aliphatic carbocycles. The number of hydrogen-bond donors (Lipinski definition) is 0. The molecule has 3 aromatic rings. The summed E-state index contributed by atoms with van der Waals surface area (Å²) in [5.41, 5.74) is 3.83. The molecule has 2 aliphatic rings. The molecule has 0 saturated heterocycles. The van der Waals surface area contributed by atoms with E-state index in [0.29, 0.717) is 5.75 Å². The lowest BCUT2D eigenvalue weighted by molar-refractivity contribution is 0.0549. The molecule has 0 spiro atoms. The molecule has 0 unspecified atom stereocenters. The van der Waals surface area contributed by atoms with Crippen LogP contribution in [0.5, 0.6) is 5.75 Å². The van der Waals surface area contributed by atoms with Crippen molar-refractivity contribution in [1.82, 2.24) is 0 Å². The fourth-order valence-electron chi connectivity index (χ4n) is 4.19. The minimum atomic E-state index is -0.582. The summed E-state index contributed by atoms with van der Waals surface area (Å²) < 4.78 is 20.7. The van der Waals surface area contributed by atoms with Gasteiger partial charge in [0.15, 0.2) is 17.2 Å². The lowest BCUT2D eigenvalue weighted by Gasteiger charge is -2.46. The van der Waals surface area contributed by atoms with Crippen LogP contribution < -0.4 is 4.74 Å². The van der Waals surface area contributed by atoms with Gasteiger partial charge in [-0.25, -0.2) is 4.39 Å². The van der Waals surface area contributed by atoms with E-state index in [-0.39, 0.29) is 11.7 Å². The van der Waals surface area contributed by atoms with E-state index in [4.69, 9.17) is 4.74 Å². The second-order valence-corrected chi connectivity index (χ2v) is 6.70. The Labute approximate surface area is 146 Å². The maximum atomic E-state index is 14.4. The molecule has 1 aliphatic heterocycles. The highest BCUT2D eigenvalue weighted by molar-refractivity contribution is 5.66. The Morgan fingerprint density at radius 3 is 2.36 bits per heavy atom. The summed E-state index contributed by atoms with van der Waals surface area (Å²) in [7, 11) is 0. The Morgan fingerprint density at radius 1 is 0.880 bits per heavy atom. The second kappa shape index (κ2) is 5.32. The summed E-state index contributed by atoms with van der Waals surface area (Å²) in [4.78, 5) is 0. The van der Waals surface area contributed by atoms with Gasteiger partial charge in [0.05, 0.1) is 0 Å². The number of para-hydroxylation sites is 1. The van der Waals surface area contributed by atoms with Gasteiger partial charge in [0.1, 0.15) is 0 Å². The van der Waals surface area contributed by atoms with Crippen molar-refractivity contribution in [3.05, 3.63) is 107 Å². The van der Waals surface area contributed by atoms with Crippen molar-refractivity contribution in [2.24, 2.45) is 0 Å². The quantitative estimate of drug-likeness (QED) is 0.587. The van der Waals surface area contributed by atoms with Crippen LogP contribution in [0.3, 0.4) is 0 Å². The molecule has 2 atom stereocenters. The van der Waals surface area contributed by atoms with Gasteiger partial charge in [-0.05, 0) is 23.6 Å². The zero-order valence-corrected chi connectivity index (χ0v) is 13.7. The maximum Gasteiger partial charge on any atom is 0.165 e. The van der Waals surface area contributed by atoms with Crippen LogP contribution in [0.1, 0.15) is 29.0 Å². The van der Waals surface area contributed by atoms with E-state index < -0.39 is 5.60 Å².